The molecular weight excluding hydrogens is 308 g/mol. The van der Waals surface area contributed by atoms with E-state index in [1.165, 1.54) is 13.2 Å². The number of amides is 2. The molecule has 0 saturated carbocycles. The lowest BCUT2D eigenvalue weighted by atomic mass is 10.1. The maximum Gasteiger partial charge on any atom is 0.281 e. The molecule has 0 heterocycles. The minimum absolute atomic E-state index is 0.0174. The molecule has 2 amide bonds. The molecule has 6 N–H and O–H groups in total. The average Bonchev–Trinajstić information content (AvgIpc) is 2.62. The van der Waals surface area contributed by atoms with E-state index in [1.807, 2.05) is 5.43 Å². The molecule has 7 heteroatoms. The number of methoxy groups -OCH3 is 1. The van der Waals surface area contributed by atoms with Gasteiger partial charge in [-0.05, 0) is 42.0 Å². The smallest absolute Gasteiger partial charge is 0.281 e. The van der Waals surface area contributed by atoms with Crippen LogP contribution in [0.3, 0.4) is 0 Å². The Morgan fingerprint density at radius 3 is 2.33 bits per heavy atom. The van der Waals surface area contributed by atoms with Gasteiger partial charge >= 0.3 is 0 Å². The number of anilines is 1. The first-order valence-electron chi connectivity index (χ1n) is 7.07. The predicted molar refractivity (Wildman–Crippen MR) is 91.6 cm³/mol. The van der Waals surface area contributed by atoms with E-state index >= 15 is 0 Å². The lowest BCUT2D eigenvalue weighted by Crippen LogP contribution is -2.38. The minimum Gasteiger partial charge on any atom is -0.497 e. The molecule has 0 radical (unpaired) electrons. The third-order valence-corrected chi connectivity index (χ3v) is 3.27. The number of nitrogen functional groups attached to an aromatic ring is 1. The van der Waals surface area contributed by atoms with Gasteiger partial charge in [-0.15, -0.1) is 0 Å². The average molecular weight is 326 g/mol. The number of rotatable bonds is 5. The molecule has 0 aliphatic carbocycles. The van der Waals surface area contributed by atoms with E-state index in [1.54, 1.807) is 48.5 Å². The fourth-order valence-corrected chi connectivity index (χ4v) is 1.97. The normalized spacial score (nSPS) is 10.8. The van der Waals surface area contributed by atoms with Crippen LogP contribution in [0.25, 0.3) is 6.08 Å². The van der Waals surface area contributed by atoms with Crippen LogP contribution in [0.5, 0.6) is 5.75 Å². The Labute approximate surface area is 139 Å². The highest BCUT2D eigenvalue weighted by molar-refractivity contribution is 6.05. The van der Waals surface area contributed by atoms with Crippen molar-refractivity contribution >= 4 is 23.6 Å². The van der Waals surface area contributed by atoms with Crippen molar-refractivity contribution < 1.29 is 14.3 Å². The molecule has 7 nitrogen and oxygen atoms in total. The van der Waals surface area contributed by atoms with Crippen molar-refractivity contribution in [3.8, 4) is 5.75 Å². The van der Waals surface area contributed by atoms with E-state index in [4.69, 9.17) is 16.3 Å². The molecule has 2 aromatic rings. The topological polar surface area (TPSA) is 119 Å². The second-order valence-corrected chi connectivity index (χ2v) is 4.84. The lowest BCUT2D eigenvalue weighted by molar-refractivity contribution is -0.117. The van der Waals surface area contributed by atoms with Gasteiger partial charge in [0.05, 0.1) is 7.11 Å². The number of hydrogen-bond donors (Lipinski definition) is 4. The Bertz CT molecular complexity index is 770. The SMILES string of the molecule is COc1ccc(C(=O)N/C(=C\c2ccccc2N)C(=O)NN)cc1. The van der Waals surface area contributed by atoms with Gasteiger partial charge in [-0.2, -0.15) is 0 Å². The summed E-state index contributed by atoms with van der Waals surface area (Å²) < 4.78 is 5.04. The van der Waals surface area contributed by atoms with Gasteiger partial charge in [0, 0.05) is 11.3 Å². The van der Waals surface area contributed by atoms with E-state index in [2.05, 4.69) is 5.32 Å². The first kappa shape index (κ1) is 17.0. The monoisotopic (exact) mass is 326 g/mol. The van der Waals surface area contributed by atoms with Crippen molar-refractivity contribution in [2.24, 2.45) is 5.84 Å². The molecule has 0 unspecified atom stereocenters. The van der Waals surface area contributed by atoms with Crippen LogP contribution < -0.4 is 27.1 Å². The number of para-hydroxylation sites is 1. The van der Waals surface area contributed by atoms with E-state index in [-0.39, 0.29) is 5.70 Å². The summed E-state index contributed by atoms with van der Waals surface area (Å²) in [6, 6.07) is 13.4. The largest absolute Gasteiger partial charge is 0.497 e. The molecule has 0 aromatic heterocycles. The molecule has 0 aliphatic heterocycles. The maximum atomic E-state index is 12.3. The highest BCUT2D eigenvalue weighted by Gasteiger charge is 2.14. The number of carbonyl (C=O) groups is 2. The van der Waals surface area contributed by atoms with Gasteiger partial charge < -0.3 is 15.8 Å². The fraction of sp³-hybridized carbons (Fsp3) is 0.0588. The molecule has 0 saturated heterocycles. The highest BCUT2D eigenvalue weighted by atomic mass is 16.5. The molecule has 0 aliphatic rings. The Kier molecular flexibility index (Phi) is 5.54. The first-order valence-corrected chi connectivity index (χ1v) is 7.07. The van der Waals surface area contributed by atoms with Crippen LogP contribution in [0.2, 0.25) is 0 Å². The summed E-state index contributed by atoms with van der Waals surface area (Å²) >= 11 is 0. The summed E-state index contributed by atoms with van der Waals surface area (Å²) in [5.41, 5.74) is 9.26. The minimum atomic E-state index is -0.639. The molecule has 0 bridgehead atoms. The third-order valence-electron chi connectivity index (χ3n) is 3.27. The Morgan fingerprint density at radius 2 is 1.75 bits per heavy atom. The molecule has 2 aromatic carbocycles. The summed E-state index contributed by atoms with van der Waals surface area (Å²) in [6.07, 6.45) is 1.46. The molecule has 0 spiro atoms. The van der Waals surface area contributed by atoms with Gasteiger partial charge in [-0.25, -0.2) is 5.84 Å². The molecule has 24 heavy (non-hydrogen) atoms. The Morgan fingerprint density at radius 1 is 1.08 bits per heavy atom. The molecule has 2 rings (SSSR count). The first-order chi connectivity index (χ1) is 11.5. The van der Waals surface area contributed by atoms with Gasteiger partial charge in [0.15, 0.2) is 0 Å². The predicted octanol–water partition coefficient (Wildman–Crippen LogP) is 1.04. The number of ether oxygens (including phenoxy) is 1. The zero-order chi connectivity index (χ0) is 17.5. The number of benzene rings is 2. The van der Waals surface area contributed by atoms with Gasteiger partial charge in [0.25, 0.3) is 11.8 Å². The van der Waals surface area contributed by atoms with Crippen LogP contribution in [-0.2, 0) is 4.79 Å². The summed E-state index contributed by atoms with van der Waals surface area (Å²) in [4.78, 5) is 24.2. The van der Waals surface area contributed by atoms with Crippen molar-refractivity contribution in [1.29, 1.82) is 0 Å². The van der Waals surface area contributed by atoms with Crippen LogP contribution in [0, 0.1) is 0 Å². The van der Waals surface area contributed by atoms with Crippen LogP contribution >= 0.6 is 0 Å². The second kappa shape index (κ2) is 7.80. The standard InChI is InChI=1S/C17H18N4O3/c1-24-13-8-6-11(7-9-13)16(22)20-15(17(23)21-19)10-12-4-2-3-5-14(12)18/h2-10H,18-19H2,1H3,(H,20,22)(H,21,23)/b15-10-. The van der Waals surface area contributed by atoms with Gasteiger partial charge in [-0.3, -0.25) is 15.0 Å². The summed E-state index contributed by atoms with van der Waals surface area (Å²) in [5, 5.41) is 2.53. The molecule has 0 fully saturated rings. The van der Waals surface area contributed by atoms with Crippen molar-refractivity contribution in [3.05, 3.63) is 65.4 Å². The maximum absolute atomic E-state index is 12.3. The van der Waals surface area contributed by atoms with Crippen molar-refractivity contribution in [1.82, 2.24) is 10.7 Å². The number of carbonyl (C=O) groups excluding carboxylic acids is 2. The Balaban J connectivity index is 2.27. The quantitative estimate of drug-likeness (QED) is 0.215. The van der Waals surface area contributed by atoms with Crippen molar-refractivity contribution in [2.45, 2.75) is 0 Å². The number of nitrogens with two attached hydrogens (primary N) is 2. The van der Waals surface area contributed by atoms with Crippen LogP contribution in [0.4, 0.5) is 5.69 Å². The van der Waals surface area contributed by atoms with E-state index in [9.17, 15) is 9.59 Å². The van der Waals surface area contributed by atoms with E-state index in [0.29, 0.717) is 22.6 Å². The van der Waals surface area contributed by atoms with E-state index < -0.39 is 11.8 Å². The number of hydrogen-bond acceptors (Lipinski definition) is 5. The van der Waals surface area contributed by atoms with E-state index in [0.717, 1.165) is 0 Å². The van der Waals surface area contributed by atoms with Gasteiger partial charge in [-0.1, -0.05) is 18.2 Å². The zero-order valence-electron chi connectivity index (χ0n) is 13.1. The summed E-state index contributed by atoms with van der Waals surface area (Å²) in [6.45, 7) is 0. The second-order valence-electron chi connectivity index (χ2n) is 4.84. The molecular formula is C17H18N4O3. The highest BCUT2D eigenvalue weighted by Crippen LogP contribution is 2.15. The fourth-order valence-electron chi connectivity index (χ4n) is 1.97. The Hall–Kier alpha value is -3.32. The summed E-state index contributed by atoms with van der Waals surface area (Å²) in [5.74, 6) is 4.71. The third kappa shape index (κ3) is 4.11. The van der Waals surface area contributed by atoms with Crippen LogP contribution in [0.15, 0.2) is 54.2 Å². The summed E-state index contributed by atoms with van der Waals surface area (Å²) in [7, 11) is 1.53. The van der Waals surface area contributed by atoms with Crippen LogP contribution in [0.1, 0.15) is 15.9 Å². The number of nitrogens with one attached hydrogen (secondary N) is 2. The van der Waals surface area contributed by atoms with Gasteiger partial charge in [0.2, 0.25) is 0 Å². The molecule has 0 atom stereocenters. The van der Waals surface area contributed by atoms with Gasteiger partial charge in [0.1, 0.15) is 11.4 Å². The number of hydrazine groups is 1. The molecule has 124 valence electrons. The van der Waals surface area contributed by atoms with Crippen molar-refractivity contribution in [3.63, 3.8) is 0 Å². The van der Waals surface area contributed by atoms with Crippen LogP contribution in [-0.4, -0.2) is 18.9 Å². The zero-order valence-corrected chi connectivity index (χ0v) is 13.1. The van der Waals surface area contributed by atoms with Crippen molar-refractivity contribution in [2.75, 3.05) is 12.8 Å². The lowest BCUT2D eigenvalue weighted by Gasteiger charge is -2.10.